The molecule has 2 atom stereocenters. The van der Waals surface area contributed by atoms with Crippen LogP contribution in [-0.2, 0) is 0 Å². The highest BCUT2D eigenvalue weighted by Gasteiger charge is 2.40. The lowest BCUT2D eigenvalue weighted by atomic mass is 10.1. The van der Waals surface area contributed by atoms with Crippen LogP contribution in [0.2, 0.25) is 0 Å². The van der Waals surface area contributed by atoms with E-state index in [-0.39, 0.29) is 23.1 Å². The van der Waals surface area contributed by atoms with Crippen molar-refractivity contribution < 1.29 is 19.1 Å². The highest BCUT2D eigenvalue weighted by atomic mass is 19.1. The van der Waals surface area contributed by atoms with E-state index in [1.54, 1.807) is 0 Å². The number of aromatic nitrogens is 1. The predicted octanol–water partition coefficient (Wildman–Crippen LogP) is 2.62. The van der Waals surface area contributed by atoms with Gasteiger partial charge < -0.3 is 15.3 Å². The smallest absolute Gasteiger partial charge is 0.251 e. The molecule has 2 heterocycles. The second-order valence-electron chi connectivity index (χ2n) is 7.08. The Bertz CT molecular complexity index is 879. The summed E-state index contributed by atoms with van der Waals surface area (Å²) >= 11 is 0. The number of rotatable bonds is 5. The summed E-state index contributed by atoms with van der Waals surface area (Å²) in [6.45, 7) is 2.08. The Balaban J connectivity index is 1.40. The third-order valence-corrected chi connectivity index (χ3v) is 5.22. The molecule has 1 saturated carbocycles. The molecule has 4 rings (SSSR count). The zero-order chi connectivity index (χ0) is 19.0. The lowest BCUT2D eigenvalue weighted by Gasteiger charge is -2.16. The zero-order valence-corrected chi connectivity index (χ0v) is 14.7. The average molecular weight is 369 g/mol. The number of carbonyl (C=O) groups excluding carboxylic acids is 2. The number of phenolic OH excluding ortho intramolecular Hbond substituents is 1. The summed E-state index contributed by atoms with van der Waals surface area (Å²) in [6, 6.07) is 6.13. The van der Waals surface area contributed by atoms with Crippen molar-refractivity contribution >= 4 is 18.0 Å². The summed E-state index contributed by atoms with van der Waals surface area (Å²) in [5, 5.41) is 12.3. The number of pyridine rings is 1. The van der Waals surface area contributed by atoms with Gasteiger partial charge in [0.15, 0.2) is 17.9 Å². The molecule has 7 heteroatoms. The number of nitrogens with zero attached hydrogens (tertiary/aromatic N) is 2. The maximum absolute atomic E-state index is 13.6. The van der Waals surface area contributed by atoms with Crippen LogP contribution in [0.3, 0.4) is 0 Å². The fourth-order valence-electron chi connectivity index (χ4n) is 3.57. The standard InChI is InChI=1S/C20H20FN3O3/c21-16-8-13(7-14(11-25)19(16)26)20(27)23-17-9-15(17)12-3-4-18(22-10-12)24-5-1-2-6-24/h3-4,7-8,10-11,15,17,26H,1-2,5-6,9H2,(H,23,27). The number of nitrogens with one attached hydrogen (secondary N) is 1. The van der Waals surface area contributed by atoms with Crippen molar-refractivity contribution in [3.05, 3.63) is 53.0 Å². The van der Waals surface area contributed by atoms with Gasteiger partial charge in [-0.3, -0.25) is 9.59 Å². The third kappa shape index (κ3) is 3.49. The van der Waals surface area contributed by atoms with Gasteiger partial charge in [0.1, 0.15) is 5.82 Å². The van der Waals surface area contributed by atoms with Crippen molar-refractivity contribution in [2.24, 2.45) is 0 Å². The van der Waals surface area contributed by atoms with Gasteiger partial charge in [-0.1, -0.05) is 6.07 Å². The van der Waals surface area contributed by atoms with Crippen molar-refractivity contribution in [3.8, 4) is 5.75 Å². The molecule has 0 spiro atoms. The first kappa shape index (κ1) is 17.5. The lowest BCUT2D eigenvalue weighted by Crippen LogP contribution is -2.26. The quantitative estimate of drug-likeness (QED) is 0.792. The maximum atomic E-state index is 13.6. The van der Waals surface area contributed by atoms with Crippen LogP contribution in [0, 0.1) is 5.82 Å². The van der Waals surface area contributed by atoms with Crippen molar-refractivity contribution in [1.82, 2.24) is 10.3 Å². The molecule has 6 nitrogen and oxygen atoms in total. The van der Waals surface area contributed by atoms with Crippen LogP contribution in [-0.4, -0.2) is 41.4 Å². The summed E-state index contributed by atoms with van der Waals surface area (Å²) < 4.78 is 13.6. The minimum Gasteiger partial charge on any atom is -0.504 e. The Kier molecular flexibility index (Phi) is 4.51. The van der Waals surface area contributed by atoms with E-state index in [1.165, 1.54) is 18.9 Å². The molecule has 1 saturated heterocycles. The SMILES string of the molecule is O=Cc1cc(C(=O)NC2CC2c2ccc(N3CCCC3)nc2)cc(F)c1O. The van der Waals surface area contributed by atoms with E-state index in [9.17, 15) is 19.1 Å². The first-order chi connectivity index (χ1) is 13.1. The van der Waals surface area contributed by atoms with Crippen molar-refractivity contribution in [2.45, 2.75) is 31.2 Å². The molecule has 2 N–H and O–H groups in total. The van der Waals surface area contributed by atoms with Gasteiger partial charge in [0.05, 0.1) is 5.56 Å². The van der Waals surface area contributed by atoms with Crippen LogP contribution in [0.5, 0.6) is 5.75 Å². The van der Waals surface area contributed by atoms with Crippen LogP contribution in [0.4, 0.5) is 10.2 Å². The van der Waals surface area contributed by atoms with Gasteiger partial charge in [-0.25, -0.2) is 9.37 Å². The number of carbonyl (C=O) groups is 2. The van der Waals surface area contributed by atoms with Crippen LogP contribution < -0.4 is 10.2 Å². The highest BCUT2D eigenvalue weighted by Crippen LogP contribution is 2.41. The number of hydrogen-bond acceptors (Lipinski definition) is 5. The van der Waals surface area contributed by atoms with E-state index >= 15 is 0 Å². The monoisotopic (exact) mass is 369 g/mol. The number of phenols is 1. The van der Waals surface area contributed by atoms with E-state index in [2.05, 4.69) is 15.2 Å². The van der Waals surface area contributed by atoms with Gasteiger partial charge in [-0.15, -0.1) is 0 Å². The fraction of sp³-hybridized carbons (Fsp3) is 0.350. The first-order valence-corrected chi connectivity index (χ1v) is 9.06. The Labute approximate surface area is 156 Å². The molecule has 0 radical (unpaired) electrons. The molecule has 2 unspecified atom stereocenters. The molecule has 2 aromatic rings. The molecule has 0 bridgehead atoms. The molecular formula is C20H20FN3O3. The molecule has 1 aliphatic heterocycles. The number of hydrogen-bond donors (Lipinski definition) is 2. The van der Waals surface area contributed by atoms with Crippen molar-refractivity contribution in [2.75, 3.05) is 18.0 Å². The van der Waals surface area contributed by atoms with Gasteiger partial charge in [0, 0.05) is 36.8 Å². The van der Waals surface area contributed by atoms with E-state index in [0.717, 1.165) is 37.0 Å². The zero-order valence-electron chi connectivity index (χ0n) is 14.7. The Hall–Kier alpha value is -2.96. The molecule has 1 aromatic heterocycles. The summed E-state index contributed by atoms with van der Waals surface area (Å²) in [6.07, 6.45) is 5.36. The predicted molar refractivity (Wildman–Crippen MR) is 97.7 cm³/mol. The van der Waals surface area contributed by atoms with Gasteiger partial charge in [0.25, 0.3) is 5.91 Å². The summed E-state index contributed by atoms with van der Waals surface area (Å²) in [5.74, 6) is -1.03. The molecule has 140 valence electrons. The van der Waals surface area contributed by atoms with Crippen molar-refractivity contribution in [3.63, 3.8) is 0 Å². The van der Waals surface area contributed by atoms with E-state index in [0.29, 0.717) is 6.29 Å². The lowest BCUT2D eigenvalue weighted by molar-refractivity contribution is 0.0950. The van der Waals surface area contributed by atoms with Crippen LogP contribution in [0.15, 0.2) is 30.5 Å². The van der Waals surface area contributed by atoms with Crippen LogP contribution in [0.1, 0.15) is 51.5 Å². The van der Waals surface area contributed by atoms with E-state index in [1.807, 2.05) is 18.3 Å². The largest absolute Gasteiger partial charge is 0.504 e. The number of aldehydes is 1. The van der Waals surface area contributed by atoms with Gasteiger partial charge in [-0.2, -0.15) is 0 Å². The summed E-state index contributed by atoms with van der Waals surface area (Å²) in [7, 11) is 0. The Morgan fingerprint density at radius 1 is 1.30 bits per heavy atom. The Morgan fingerprint density at radius 2 is 2.07 bits per heavy atom. The number of benzene rings is 1. The van der Waals surface area contributed by atoms with E-state index < -0.39 is 17.5 Å². The van der Waals surface area contributed by atoms with Gasteiger partial charge in [0.2, 0.25) is 0 Å². The normalized spacial score (nSPS) is 21.1. The second kappa shape index (κ2) is 6.98. The minimum absolute atomic E-state index is 0.0144. The average Bonchev–Trinajstić information content (AvgIpc) is 3.22. The molecule has 1 amide bonds. The highest BCUT2D eigenvalue weighted by molar-refractivity contribution is 5.97. The molecule has 1 aliphatic carbocycles. The fourth-order valence-corrected chi connectivity index (χ4v) is 3.57. The third-order valence-electron chi connectivity index (χ3n) is 5.22. The topological polar surface area (TPSA) is 82.5 Å². The number of halogens is 1. The Morgan fingerprint density at radius 3 is 2.74 bits per heavy atom. The maximum Gasteiger partial charge on any atom is 0.251 e. The minimum atomic E-state index is -0.987. The number of amides is 1. The molecule has 1 aromatic carbocycles. The van der Waals surface area contributed by atoms with Crippen LogP contribution >= 0.6 is 0 Å². The summed E-state index contributed by atoms with van der Waals surface area (Å²) in [4.78, 5) is 30.0. The molecular weight excluding hydrogens is 349 g/mol. The van der Waals surface area contributed by atoms with Crippen LogP contribution in [0.25, 0.3) is 0 Å². The number of anilines is 1. The molecule has 27 heavy (non-hydrogen) atoms. The summed E-state index contributed by atoms with van der Waals surface area (Å²) in [5.41, 5.74) is 0.837. The van der Waals surface area contributed by atoms with Gasteiger partial charge in [-0.05, 0) is 43.0 Å². The molecule has 2 fully saturated rings. The van der Waals surface area contributed by atoms with Gasteiger partial charge >= 0.3 is 0 Å². The number of aromatic hydroxyl groups is 1. The molecule has 2 aliphatic rings. The first-order valence-electron chi connectivity index (χ1n) is 9.06. The second-order valence-corrected chi connectivity index (χ2v) is 7.08. The van der Waals surface area contributed by atoms with E-state index in [4.69, 9.17) is 0 Å². The van der Waals surface area contributed by atoms with Crippen molar-refractivity contribution in [1.29, 1.82) is 0 Å².